The maximum atomic E-state index is 12.7. The predicted octanol–water partition coefficient (Wildman–Crippen LogP) is 2.27. The number of aliphatic carboxylic acids is 1. The quantitative estimate of drug-likeness (QED) is 0.582. The van der Waals surface area contributed by atoms with E-state index in [-0.39, 0.29) is 13.0 Å². The summed E-state index contributed by atoms with van der Waals surface area (Å²) in [6, 6.07) is 15.0. The van der Waals surface area contributed by atoms with Gasteiger partial charge in [-0.2, -0.15) is 0 Å². The molecule has 1 saturated carbocycles. The predicted molar refractivity (Wildman–Crippen MR) is 108 cm³/mol. The average Bonchev–Trinajstić information content (AvgIpc) is 3.53. The first-order valence-corrected chi connectivity index (χ1v) is 9.57. The number of hydrogen-bond acceptors (Lipinski definition) is 5. The lowest BCUT2D eigenvalue weighted by molar-refractivity contribution is -0.142. The van der Waals surface area contributed by atoms with E-state index in [9.17, 15) is 19.5 Å². The first-order chi connectivity index (χ1) is 14.4. The Hall–Kier alpha value is -3.55. The first kappa shape index (κ1) is 21.2. The van der Waals surface area contributed by atoms with E-state index in [1.165, 1.54) is 0 Å². The molecule has 1 fully saturated rings. The summed E-state index contributed by atoms with van der Waals surface area (Å²) in [6.45, 7) is 0.0829. The van der Waals surface area contributed by atoms with Gasteiger partial charge < -0.3 is 25.2 Å². The number of methoxy groups -OCH3 is 1. The summed E-state index contributed by atoms with van der Waals surface area (Å²) < 4.78 is 10.3. The summed E-state index contributed by atoms with van der Waals surface area (Å²) in [6.07, 6.45) is 0.246. The molecule has 1 atom stereocenters. The molecule has 158 valence electrons. The van der Waals surface area contributed by atoms with E-state index >= 15 is 0 Å². The summed E-state index contributed by atoms with van der Waals surface area (Å²) in [5.74, 6) is -1.02. The lowest BCUT2D eigenvalue weighted by Crippen LogP contribution is -2.54. The molecule has 0 aliphatic heterocycles. The number of ether oxygens (including phenoxy) is 2. The van der Waals surface area contributed by atoms with Crippen molar-refractivity contribution in [2.45, 2.75) is 37.5 Å². The van der Waals surface area contributed by atoms with E-state index in [0.717, 1.165) is 11.1 Å². The van der Waals surface area contributed by atoms with E-state index in [4.69, 9.17) is 9.47 Å². The number of hydrogen-bond donors (Lipinski definition) is 3. The summed E-state index contributed by atoms with van der Waals surface area (Å²) in [7, 11) is 1.54. The van der Waals surface area contributed by atoms with Crippen LogP contribution < -0.4 is 15.4 Å². The average molecular weight is 412 g/mol. The molecule has 1 aliphatic rings. The number of benzene rings is 2. The number of carbonyl (C=O) groups is 3. The zero-order chi connectivity index (χ0) is 21.6. The van der Waals surface area contributed by atoms with Crippen LogP contribution in [0.25, 0.3) is 0 Å². The number of carboxylic acid groups (broad SMARTS) is 1. The van der Waals surface area contributed by atoms with Crippen LogP contribution in [0.3, 0.4) is 0 Å². The highest BCUT2D eigenvalue weighted by molar-refractivity contribution is 5.95. The Labute approximate surface area is 174 Å². The van der Waals surface area contributed by atoms with Gasteiger partial charge in [-0.15, -0.1) is 0 Å². The lowest BCUT2D eigenvalue weighted by Gasteiger charge is -2.21. The summed E-state index contributed by atoms with van der Waals surface area (Å²) in [5, 5.41) is 14.6. The third kappa shape index (κ3) is 5.50. The minimum atomic E-state index is -1.15. The Balaban J connectivity index is 1.55. The molecule has 2 aromatic rings. The molecule has 1 aliphatic carbocycles. The molecule has 30 heavy (non-hydrogen) atoms. The van der Waals surface area contributed by atoms with Crippen LogP contribution in [0.5, 0.6) is 5.75 Å². The maximum Gasteiger partial charge on any atom is 0.408 e. The van der Waals surface area contributed by atoms with Crippen molar-refractivity contribution in [2.24, 2.45) is 0 Å². The third-order valence-electron chi connectivity index (χ3n) is 4.94. The van der Waals surface area contributed by atoms with Gasteiger partial charge in [0, 0.05) is 6.42 Å². The second-order valence-corrected chi connectivity index (χ2v) is 7.19. The second-order valence-electron chi connectivity index (χ2n) is 7.19. The number of amides is 2. The van der Waals surface area contributed by atoms with Gasteiger partial charge in [0.2, 0.25) is 5.91 Å². The number of alkyl carbamates (subject to hydrolysis) is 1. The van der Waals surface area contributed by atoms with Gasteiger partial charge >= 0.3 is 12.1 Å². The van der Waals surface area contributed by atoms with Gasteiger partial charge in [-0.3, -0.25) is 4.79 Å². The molecule has 2 aromatic carbocycles. The highest BCUT2D eigenvalue weighted by Gasteiger charge is 2.52. The normalized spacial score (nSPS) is 14.8. The van der Waals surface area contributed by atoms with Gasteiger partial charge in [-0.05, 0) is 36.1 Å². The van der Waals surface area contributed by atoms with E-state index in [1.807, 2.05) is 30.3 Å². The SMILES string of the molecule is COc1ccc(CC(NC(=O)C2(NC(=O)OCc3ccccc3)CC2)C(=O)O)cc1. The van der Waals surface area contributed by atoms with Crippen LogP contribution >= 0.6 is 0 Å². The molecule has 1 unspecified atom stereocenters. The largest absolute Gasteiger partial charge is 0.497 e. The fraction of sp³-hybridized carbons (Fsp3) is 0.318. The van der Waals surface area contributed by atoms with Gasteiger partial charge in [0.15, 0.2) is 0 Å². The maximum absolute atomic E-state index is 12.7. The molecule has 3 rings (SSSR count). The Morgan fingerprint density at radius 2 is 1.70 bits per heavy atom. The molecule has 0 spiro atoms. The van der Waals surface area contributed by atoms with Crippen LogP contribution in [-0.4, -0.2) is 41.8 Å². The number of nitrogens with one attached hydrogen (secondary N) is 2. The Morgan fingerprint density at radius 3 is 2.27 bits per heavy atom. The van der Waals surface area contributed by atoms with Crippen molar-refractivity contribution in [3.63, 3.8) is 0 Å². The van der Waals surface area contributed by atoms with Crippen molar-refractivity contribution in [1.82, 2.24) is 10.6 Å². The molecule has 0 aromatic heterocycles. The molecule has 0 saturated heterocycles. The second kappa shape index (κ2) is 9.30. The minimum Gasteiger partial charge on any atom is -0.497 e. The molecule has 3 N–H and O–H groups in total. The van der Waals surface area contributed by atoms with Crippen molar-refractivity contribution in [3.05, 3.63) is 65.7 Å². The van der Waals surface area contributed by atoms with E-state index in [0.29, 0.717) is 18.6 Å². The topological polar surface area (TPSA) is 114 Å². The fourth-order valence-electron chi connectivity index (χ4n) is 2.98. The highest BCUT2D eigenvalue weighted by atomic mass is 16.5. The highest BCUT2D eigenvalue weighted by Crippen LogP contribution is 2.36. The number of carboxylic acids is 1. The summed E-state index contributed by atoms with van der Waals surface area (Å²) in [4.78, 5) is 36.4. The van der Waals surface area contributed by atoms with E-state index in [2.05, 4.69) is 10.6 Å². The van der Waals surface area contributed by atoms with Crippen LogP contribution in [0.15, 0.2) is 54.6 Å². The van der Waals surface area contributed by atoms with Crippen LogP contribution in [0.1, 0.15) is 24.0 Å². The first-order valence-electron chi connectivity index (χ1n) is 9.57. The van der Waals surface area contributed by atoms with E-state index < -0.39 is 29.6 Å². The van der Waals surface area contributed by atoms with Crippen molar-refractivity contribution in [3.8, 4) is 5.75 Å². The van der Waals surface area contributed by atoms with Crippen LogP contribution in [0.2, 0.25) is 0 Å². The summed E-state index contributed by atoms with van der Waals surface area (Å²) in [5.41, 5.74) is 0.442. The van der Waals surface area contributed by atoms with Crippen molar-refractivity contribution < 1.29 is 29.0 Å². The van der Waals surface area contributed by atoms with Gasteiger partial charge in [0.1, 0.15) is 23.9 Å². The molecular weight excluding hydrogens is 388 g/mol. The monoisotopic (exact) mass is 412 g/mol. The smallest absolute Gasteiger partial charge is 0.408 e. The van der Waals surface area contributed by atoms with E-state index in [1.54, 1.807) is 31.4 Å². The lowest BCUT2D eigenvalue weighted by atomic mass is 10.1. The molecular formula is C22H24N2O6. The minimum absolute atomic E-state index is 0.0829. The Bertz CT molecular complexity index is 894. The zero-order valence-electron chi connectivity index (χ0n) is 16.6. The third-order valence-corrected chi connectivity index (χ3v) is 4.94. The van der Waals surface area contributed by atoms with Crippen LogP contribution in [0.4, 0.5) is 4.79 Å². The molecule has 2 amide bonds. The van der Waals surface area contributed by atoms with Crippen LogP contribution in [0, 0.1) is 0 Å². The Morgan fingerprint density at radius 1 is 1.03 bits per heavy atom. The van der Waals surface area contributed by atoms with Crippen molar-refractivity contribution >= 4 is 18.0 Å². The van der Waals surface area contributed by atoms with Gasteiger partial charge in [0.25, 0.3) is 0 Å². The number of carbonyl (C=O) groups excluding carboxylic acids is 2. The van der Waals surface area contributed by atoms with Gasteiger partial charge in [-0.25, -0.2) is 9.59 Å². The molecule has 0 heterocycles. The zero-order valence-corrected chi connectivity index (χ0v) is 16.6. The van der Waals surface area contributed by atoms with Crippen molar-refractivity contribution in [1.29, 1.82) is 0 Å². The molecule has 8 nitrogen and oxygen atoms in total. The molecule has 0 radical (unpaired) electrons. The fourth-order valence-corrected chi connectivity index (χ4v) is 2.98. The standard InChI is InChI=1S/C22H24N2O6/c1-29-17-9-7-15(8-10-17)13-18(19(25)26)23-20(27)22(11-12-22)24-21(28)30-14-16-5-3-2-4-6-16/h2-10,18H,11-14H2,1H3,(H,23,27)(H,24,28)(H,25,26). The molecule has 0 bridgehead atoms. The van der Waals surface area contributed by atoms with Gasteiger partial charge in [0.05, 0.1) is 7.11 Å². The van der Waals surface area contributed by atoms with Gasteiger partial charge in [-0.1, -0.05) is 42.5 Å². The van der Waals surface area contributed by atoms with Crippen LogP contribution in [-0.2, 0) is 27.4 Å². The Kier molecular flexibility index (Phi) is 6.56. The summed E-state index contributed by atoms with van der Waals surface area (Å²) >= 11 is 0. The van der Waals surface area contributed by atoms with Crippen molar-refractivity contribution in [2.75, 3.05) is 7.11 Å². The number of rotatable bonds is 9. The molecule has 8 heteroatoms.